The fourth-order valence-corrected chi connectivity index (χ4v) is 2.61. The van der Waals surface area contributed by atoms with Crippen LogP contribution in [-0.4, -0.2) is 31.1 Å². The van der Waals surface area contributed by atoms with Gasteiger partial charge in [-0.05, 0) is 25.8 Å². The third-order valence-corrected chi connectivity index (χ3v) is 3.61. The van der Waals surface area contributed by atoms with Crippen molar-refractivity contribution in [2.75, 3.05) is 20.2 Å². The van der Waals surface area contributed by atoms with Gasteiger partial charge < -0.3 is 9.64 Å². The second-order valence-electron chi connectivity index (χ2n) is 4.55. The monoisotopic (exact) mass is 279 g/mol. The fourth-order valence-electron chi connectivity index (χ4n) is 2.38. The van der Waals surface area contributed by atoms with E-state index in [0.29, 0.717) is 17.2 Å². The van der Waals surface area contributed by atoms with Crippen molar-refractivity contribution in [3.8, 4) is 0 Å². The highest BCUT2D eigenvalue weighted by Gasteiger charge is 2.25. The average molecular weight is 280 g/mol. The first-order valence-corrected chi connectivity index (χ1v) is 6.89. The van der Waals surface area contributed by atoms with Gasteiger partial charge in [-0.15, -0.1) is 0 Å². The van der Waals surface area contributed by atoms with Crippen LogP contribution in [0.15, 0.2) is 30.0 Å². The molecule has 1 aliphatic heterocycles. The topological polar surface area (TPSA) is 29.5 Å². The highest BCUT2D eigenvalue weighted by atomic mass is 35.5. The van der Waals surface area contributed by atoms with Gasteiger partial charge in [0.25, 0.3) is 0 Å². The number of halogens is 1. The van der Waals surface area contributed by atoms with Gasteiger partial charge in [-0.3, -0.25) is 0 Å². The lowest BCUT2D eigenvalue weighted by Crippen LogP contribution is -2.17. The number of esters is 1. The van der Waals surface area contributed by atoms with E-state index in [4.69, 9.17) is 16.3 Å². The molecule has 19 heavy (non-hydrogen) atoms. The van der Waals surface area contributed by atoms with Crippen LogP contribution in [-0.2, 0) is 9.53 Å². The summed E-state index contributed by atoms with van der Waals surface area (Å²) in [6, 6.07) is 7.41. The molecule has 1 aromatic carbocycles. The molecule has 102 valence electrons. The van der Waals surface area contributed by atoms with E-state index < -0.39 is 0 Å². The van der Waals surface area contributed by atoms with Crippen LogP contribution in [0.4, 0.5) is 0 Å². The number of hydrogen-bond donors (Lipinski definition) is 0. The maximum atomic E-state index is 12.3. The first-order valence-electron chi connectivity index (χ1n) is 6.51. The molecule has 0 bridgehead atoms. The van der Waals surface area contributed by atoms with Gasteiger partial charge in [-0.25, -0.2) is 4.79 Å². The summed E-state index contributed by atoms with van der Waals surface area (Å²) in [6.07, 6.45) is 1.94. The van der Waals surface area contributed by atoms with Gasteiger partial charge in [0.2, 0.25) is 0 Å². The minimum atomic E-state index is -0.292. The molecular weight excluding hydrogens is 262 g/mol. The van der Waals surface area contributed by atoms with E-state index in [1.165, 1.54) is 0 Å². The molecule has 1 aliphatic rings. The first kappa shape index (κ1) is 13.9. The van der Waals surface area contributed by atoms with Crippen molar-refractivity contribution in [3.05, 3.63) is 40.5 Å². The Morgan fingerprint density at radius 1 is 1.42 bits per heavy atom. The molecule has 0 spiro atoms. The summed E-state index contributed by atoms with van der Waals surface area (Å²) in [5.74, 6) is -0.292. The van der Waals surface area contributed by atoms with E-state index in [2.05, 4.69) is 4.90 Å². The Kier molecular flexibility index (Phi) is 4.48. The number of benzene rings is 1. The van der Waals surface area contributed by atoms with Gasteiger partial charge in [0.15, 0.2) is 0 Å². The summed E-state index contributed by atoms with van der Waals surface area (Å²) < 4.78 is 5.19. The van der Waals surface area contributed by atoms with Crippen LogP contribution >= 0.6 is 11.6 Å². The maximum absolute atomic E-state index is 12.3. The number of carbonyl (C=O) groups excluding carboxylic acids is 1. The summed E-state index contributed by atoms with van der Waals surface area (Å²) in [4.78, 5) is 14.4. The molecule has 0 radical (unpaired) electrons. The molecule has 3 nitrogen and oxygen atoms in total. The lowest BCUT2D eigenvalue weighted by atomic mass is 10.0. The van der Waals surface area contributed by atoms with Gasteiger partial charge in [0.05, 0.1) is 12.2 Å². The van der Waals surface area contributed by atoms with Crippen molar-refractivity contribution < 1.29 is 9.53 Å². The molecule has 0 aliphatic carbocycles. The number of hydrogen-bond acceptors (Lipinski definition) is 3. The number of allylic oxidation sites excluding steroid dienone is 1. The van der Waals surface area contributed by atoms with Crippen molar-refractivity contribution in [2.24, 2.45) is 0 Å². The van der Waals surface area contributed by atoms with Gasteiger partial charge in [0.1, 0.15) is 0 Å². The zero-order valence-corrected chi connectivity index (χ0v) is 12.0. The lowest BCUT2D eigenvalue weighted by molar-refractivity contribution is -0.136. The number of likely N-dealkylation sites (tertiary alicyclic amines) is 1. The zero-order chi connectivity index (χ0) is 13.8. The molecule has 0 unspecified atom stereocenters. The Balaban J connectivity index is 2.52. The second kappa shape index (κ2) is 6.11. The SMILES string of the molecule is CCOC(=O)/C(=C1/CCCN1C)c1ccccc1Cl. The normalized spacial score (nSPS) is 17.5. The second-order valence-corrected chi connectivity index (χ2v) is 4.95. The van der Waals surface area contributed by atoms with Crippen LogP contribution in [0.5, 0.6) is 0 Å². The third kappa shape index (κ3) is 2.92. The zero-order valence-electron chi connectivity index (χ0n) is 11.3. The number of ether oxygens (including phenoxy) is 1. The van der Waals surface area contributed by atoms with E-state index >= 15 is 0 Å². The minimum absolute atomic E-state index is 0.292. The molecule has 0 saturated carbocycles. The van der Waals surface area contributed by atoms with Crippen molar-refractivity contribution in [1.82, 2.24) is 4.90 Å². The van der Waals surface area contributed by atoms with Crippen molar-refractivity contribution in [1.29, 1.82) is 0 Å². The summed E-state index contributed by atoms with van der Waals surface area (Å²) in [5, 5.41) is 0.582. The van der Waals surface area contributed by atoms with Crippen molar-refractivity contribution >= 4 is 23.1 Å². The van der Waals surface area contributed by atoms with Crippen LogP contribution in [0.25, 0.3) is 5.57 Å². The molecule has 1 heterocycles. The van der Waals surface area contributed by atoms with E-state index in [9.17, 15) is 4.79 Å². The number of nitrogens with zero attached hydrogens (tertiary/aromatic N) is 1. The Morgan fingerprint density at radius 3 is 2.74 bits per heavy atom. The largest absolute Gasteiger partial charge is 0.462 e. The molecule has 4 heteroatoms. The Morgan fingerprint density at radius 2 is 2.16 bits per heavy atom. The van der Waals surface area contributed by atoms with Gasteiger partial charge in [-0.1, -0.05) is 29.8 Å². The van der Waals surface area contributed by atoms with Crippen LogP contribution in [0.1, 0.15) is 25.3 Å². The smallest absolute Gasteiger partial charge is 0.340 e. The molecular formula is C15H18ClNO2. The summed E-state index contributed by atoms with van der Waals surface area (Å²) in [5.41, 5.74) is 2.38. The fraction of sp³-hybridized carbons (Fsp3) is 0.400. The van der Waals surface area contributed by atoms with Crippen LogP contribution in [0.3, 0.4) is 0 Å². The highest BCUT2D eigenvalue weighted by molar-refractivity contribution is 6.34. The molecule has 0 atom stereocenters. The first-order chi connectivity index (χ1) is 9.15. The molecule has 0 amide bonds. The average Bonchev–Trinajstić information content (AvgIpc) is 2.79. The molecule has 1 aromatic rings. The predicted octanol–water partition coefficient (Wildman–Crippen LogP) is 3.34. The maximum Gasteiger partial charge on any atom is 0.340 e. The quantitative estimate of drug-likeness (QED) is 0.628. The third-order valence-electron chi connectivity index (χ3n) is 3.28. The number of rotatable bonds is 3. The summed E-state index contributed by atoms with van der Waals surface area (Å²) >= 11 is 6.23. The van der Waals surface area contributed by atoms with Crippen LogP contribution in [0, 0.1) is 0 Å². The Bertz CT molecular complexity index is 511. The van der Waals surface area contributed by atoms with E-state index in [1.807, 2.05) is 32.2 Å². The molecule has 2 rings (SSSR count). The molecule has 1 fully saturated rings. The van der Waals surface area contributed by atoms with Crippen molar-refractivity contribution in [2.45, 2.75) is 19.8 Å². The molecule has 0 aromatic heterocycles. The summed E-state index contributed by atoms with van der Waals surface area (Å²) in [6.45, 7) is 3.14. The van der Waals surface area contributed by atoms with Crippen LogP contribution < -0.4 is 0 Å². The molecule has 1 saturated heterocycles. The Hall–Kier alpha value is -1.48. The van der Waals surface area contributed by atoms with Gasteiger partial charge >= 0.3 is 5.97 Å². The standard InChI is InChI=1S/C15H18ClNO2/c1-3-19-15(18)14(13-9-6-10-17(13)2)11-7-4-5-8-12(11)16/h4-5,7-8H,3,6,9-10H2,1-2H3/b14-13-. The van der Waals surface area contributed by atoms with Crippen molar-refractivity contribution in [3.63, 3.8) is 0 Å². The Labute approximate surface area is 118 Å². The van der Waals surface area contributed by atoms with E-state index in [1.54, 1.807) is 6.07 Å². The summed E-state index contributed by atoms with van der Waals surface area (Å²) in [7, 11) is 2.00. The van der Waals surface area contributed by atoms with E-state index in [-0.39, 0.29) is 5.97 Å². The lowest BCUT2D eigenvalue weighted by Gasteiger charge is -2.18. The molecule has 0 N–H and O–H groups in total. The van der Waals surface area contributed by atoms with Gasteiger partial charge in [-0.2, -0.15) is 0 Å². The van der Waals surface area contributed by atoms with E-state index in [0.717, 1.165) is 30.6 Å². The number of carbonyl (C=O) groups is 1. The highest BCUT2D eigenvalue weighted by Crippen LogP contribution is 2.33. The minimum Gasteiger partial charge on any atom is -0.462 e. The van der Waals surface area contributed by atoms with Crippen LogP contribution in [0.2, 0.25) is 5.02 Å². The van der Waals surface area contributed by atoms with Gasteiger partial charge in [0, 0.05) is 29.9 Å². The predicted molar refractivity (Wildman–Crippen MR) is 76.9 cm³/mol.